The van der Waals surface area contributed by atoms with E-state index < -0.39 is 6.17 Å². The predicted octanol–water partition coefficient (Wildman–Crippen LogP) is 0.165. The summed E-state index contributed by atoms with van der Waals surface area (Å²) in [6.07, 6.45) is -0.526. The summed E-state index contributed by atoms with van der Waals surface area (Å²) in [4.78, 5) is 16.5. The molecule has 1 unspecified atom stereocenters. The molecule has 0 bridgehead atoms. The maximum absolute atomic E-state index is 10.9. The first-order valence-corrected chi connectivity index (χ1v) is 3.73. The van der Waals surface area contributed by atoms with Gasteiger partial charge in [0.1, 0.15) is 12.0 Å². The number of aromatic amines is 2. The van der Waals surface area contributed by atoms with Crippen molar-refractivity contribution in [2.24, 2.45) is 5.73 Å². The van der Waals surface area contributed by atoms with Gasteiger partial charge in [0.15, 0.2) is 4.77 Å². The third-order valence-corrected chi connectivity index (χ3v) is 1.80. The number of fused-ring (bicyclic) bond motifs is 1. The molecule has 12 heavy (non-hydrogen) atoms. The number of hydrogen-bond donors (Lipinski definition) is 5. The molecule has 0 aromatic carbocycles. The number of aromatic nitrogens is 2. The number of amides is 2. The normalized spacial score (nSPS) is 21.1. The summed E-state index contributed by atoms with van der Waals surface area (Å²) < 4.78 is 0.444. The molecule has 0 aliphatic carbocycles. The molecule has 0 saturated carbocycles. The van der Waals surface area contributed by atoms with E-state index in [0.29, 0.717) is 16.3 Å². The highest BCUT2D eigenvalue weighted by molar-refractivity contribution is 7.71. The fourth-order valence-electron chi connectivity index (χ4n) is 1.09. The lowest BCUT2D eigenvalue weighted by atomic mass is 10.3. The van der Waals surface area contributed by atoms with E-state index in [2.05, 4.69) is 20.6 Å². The maximum atomic E-state index is 10.9. The zero-order valence-corrected chi connectivity index (χ0v) is 6.79. The highest BCUT2D eigenvalue weighted by Crippen LogP contribution is 2.19. The lowest BCUT2D eigenvalue weighted by Crippen LogP contribution is -2.41. The Labute approximate surface area is 72.5 Å². The van der Waals surface area contributed by atoms with Crippen molar-refractivity contribution < 1.29 is 4.79 Å². The molecule has 1 aromatic heterocycles. The van der Waals surface area contributed by atoms with Crippen LogP contribution in [-0.4, -0.2) is 16.0 Å². The summed E-state index contributed by atoms with van der Waals surface area (Å²) in [6.45, 7) is 0. The SMILES string of the molecule is NC1NC(=O)Nc2[nH]c(=S)[nH]c21. The fraction of sp³-hybridized carbons (Fsp3) is 0.200. The van der Waals surface area contributed by atoms with E-state index in [1.54, 1.807) is 0 Å². The largest absolute Gasteiger partial charge is 0.330 e. The molecule has 1 aliphatic heterocycles. The summed E-state index contributed by atoms with van der Waals surface area (Å²) >= 11 is 4.83. The molecule has 1 aliphatic rings. The molecule has 7 heteroatoms. The van der Waals surface area contributed by atoms with E-state index >= 15 is 0 Å². The van der Waals surface area contributed by atoms with E-state index in [9.17, 15) is 4.79 Å². The Bertz CT molecular complexity index is 379. The van der Waals surface area contributed by atoms with Crippen LogP contribution in [0.15, 0.2) is 0 Å². The van der Waals surface area contributed by atoms with Crippen LogP contribution in [0.1, 0.15) is 11.9 Å². The number of urea groups is 1. The number of hydrogen-bond acceptors (Lipinski definition) is 3. The minimum atomic E-state index is -0.526. The second-order valence-electron chi connectivity index (χ2n) is 2.44. The van der Waals surface area contributed by atoms with Crippen molar-refractivity contribution in [3.05, 3.63) is 10.5 Å². The Morgan fingerprint density at radius 1 is 1.42 bits per heavy atom. The minimum absolute atomic E-state index is 0.333. The Hall–Kier alpha value is -1.34. The highest BCUT2D eigenvalue weighted by atomic mass is 32.1. The zero-order chi connectivity index (χ0) is 8.72. The van der Waals surface area contributed by atoms with E-state index in [4.69, 9.17) is 18.0 Å². The fourth-order valence-corrected chi connectivity index (χ4v) is 1.30. The number of imidazole rings is 1. The minimum Gasteiger partial charge on any atom is -0.330 e. The highest BCUT2D eigenvalue weighted by Gasteiger charge is 2.22. The van der Waals surface area contributed by atoms with Gasteiger partial charge in [0, 0.05) is 0 Å². The van der Waals surface area contributed by atoms with Gasteiger partial charge >= 0.3 is 6.03 Å². The van der Waals surface area contributed by atoms with Crippen molar-refractivity contribution in [1.29, 1.82) is 0 Å². The molecule has 64 valence electrons. The van der Waals surface area contributed by atoms with E-state index in [0.717, 1.165) is 0 Å². The first kappa shape index (κ1) is 7.32. The molecule has 0 radical (unpaired) electrons. The Morgan fingerprint density at radius 3 is 2.92 bits per heavy atom. The van der Waals surface area contributed by atoms with Crippen molar-refractivity contribution in [2.45, 2.75) is 6.17 Å². The van der Waals surface area contributed by atoms with Crippen molar-refractivity contribution in [3.63, 3.8) is 0 Å². The molecular formula is C5H7N5OS. The molecular weight excluding hydrogens is 178 g/mol. The van der Waals surface area contributed by atoms with Gasteiger partial charge in [0.05, 0.1) is 5.69 Å². The number of anilines is 1. The van der Waals surface area contributed by atoms with Gasteiger partial charge in [-0.05, 0) is 12.2 Å². The first-order valence-electron chi connectivity index (χ1n) is 3.32. The molecule has 2 amide bonds. The maximum Gasteiger partial charge on any atom is 0.321 e. The number of nitrogens with one attached hydrogen (secondary N) is 4. The van der Waals surface area contributed by atoms with Crippen LogP contribution >= 0.6 is 12.2 Å². The van der Waals surface area contributed by atoms with E-state index in [1.807, 2.05) is 0 Å². The third-order valence-electron chi connectivity index (χ3n) is 1.59. The lowest BCUT2D eigenvalue weighted by molar-refractivity contribution is 0.247. The van der Waals surface area contributed by atoms with Gasteiger partial charge in [-0.3, -0.25) is 5.32 Å². The molecule has 6 N–H and O–H groups in total. The molecule has 6 nitrogen and oxygen atoms in total. The summed E-state index contributed by atoms with van der Waals surface area (Å²) in [7, 11) is 0. The van der Waals surface area contributed by atoms with Gasteiger partial charge in [-0.1, -0.05) is 0 Å². The Kier molecular flexibility index (Phi) is 1.42. The van der Waals surface area contributed by atoms with E-state index in [1.165, 1.54) is 0 Å². The van der Waals surface area contributed by atoms with Crippen molar-refractivity contribution in [3.8, 4) is 0 Å². The summed E-state index contributed by atoms with van der Waals surface area (Å²) in [5.41, 5.74) is 6.25. The van der Waals surface area contributed by atoms with Crippen molar-refractivity contribution >= 4 is 24.1 Å². The third kappa shape index (κ3) is 0.990. The smallest absolute Gasteiger partial charge is 0.321 e. The van der Waals surface area contributed by atoms with Crippen LogP contribution in [0.2, 0.25) is 0 Å². The van der Waals surface area contributed by atoms with Crippen molar-refractivity contribution in [1.82, 2.24) is 15.3 Å². The average Bonchev–Trinajstić information content (AvgIpc) is 2.29. The van der Waals surface area contributed by atoms with Crippen LogP contribution in [0.25, 0.3) is 0 Å². The quantitative estimate of drug-likeness (QED) is 0.372. The van der Waals surface area contributed by atoms with Crippen LogP contribution in [0.5, 0.6) is 0 Å². The number of carbonyl (C=O) groups excluding carboxylic acids is 1. The standard InChI is InChI=1S/C5H7N5OS/c6-2-1-3(9-4(11)8-2)10-5(12)7-1/h2H,6H2,(H2,7,10,12)(H2,8,9,11). The van der Waals surface area contributed by atoms with Gasteiger partial charge in [0.25, 0.3) is 0 Å². The Morgan fingerprint density at radius 2 is 2.17 bits per heavy atom. The molecule has 0 spiro atoms. The lowest BCUT2D eigenvalue weighted by Gasteiger charge is -2.19. The predicted molar refractivity (Wildman–Crippen MR) is 45.1 cm³/mol. The summed E-state index contributed by atoms with van der Waals surface area (Å²) in [6, 6.07) is -0.333. The topological polar surface area (TPSA) is 98.7 Å². The summed E-state index contributed by atoms with van der Waals surface area (Å²) in [5.74, 6) is 0.538. The van der Waals surface area contributed by atoms with Crippen LogP contribution < -0.4 is 16.4 Å². The first-order chi connectivity index (χ1) is 5.66. The van der Waals surface area contributed by atoms with Crippen LogP contribution in [-0.2, 0) is 0 Å². The second-order valence-corrected chi connectivity index (χ2v) is 2.85. The van der Waals surface area contributed by atoms with E-state index in [-0.39, 0.29) is 6.03 Å². The van der Waals surface area contributed by atoms with Gasteiger partial charge in [-0.2, -0.15) is 0 Å². The monoisotopic (exact) mass is 185 g/mol. The number of nitrogens with two attached hydrogens (primary N) is 1. The van der Waals surface area contributed by atoms with Gasteiger partial charge < -0.3 is 21.0 Å². The summed E-state index contributed by atoms with van der Waals surface area (Å²) in [5, 5.41) is 5.01. The Balaban J connectivity index is 2.53. The number of H-pyrrole nitrogens is 2. The van der Waals surface area contributed by atoms with Gasteiger partial charge in [-0.25, -0.2) is 4.79 Å². The molecule has 1 aromatic rings. The average molecular weight is 185 g/mol. The van der Waals surface area contributed by atoms with Crippen molar-refractivity contribution in [2.75, 3.05) is 5.32 Å². The second kappa shape index (κ2) is 2.32. The van der Waals surface area contributed by atoms with Crippen LogP contribution in [0.4, 0.5) is 10.6 Å². The molecule has 2 rings (SSSR count). The molecule has 2 heterocycles. The van der Waals surface area contributed by atoms with Gasteiger partial charge in [-0.15, -0.1) is 0 Å². The number of carbonyl (C=O) groups is 1. The number of rotatable bonds is 0. The molecule has 0 saturated heterocycles. The molecule has 1 atom stereocenters. The van der Waals surface area contributed by atoms with Crippen LogP contribution in [0.3, 0.4) is 0 Å². The molecule has 0 fully saturated rings. The zero-order valence-electron chi connectivity index (χ0n) is 5.97. The van der Waals surface area contributed by atoms with Crippen LogP contribution in [0, 0.1) is 4.77 Å². The van der Waals surface area contributed by atoms with Gasteiger partial charge in [0.2, 0.25) is 0 Å².